The molecule has 1 heterocycles. The second kappa shape index (κ2) is 7.10. The minimum Gasteiger partial charge on any atom is -0.490 e. The fraction of sp³-hybridized carbons (Fsp3) is 0.0588. The van der Waals surface area contributed by atoms with Crippen molar-refractivity contribution in [1.82, 2.24) is 4.98 Å². The minimum atomic E-state index is -0.585. The predicted octanol–water partition coefficient (Wildman–Crippen LogP) is 3.98. The Labute approximate surface area is 147 Å². The third kappa shape index (κ3) is 3.64. The van der Waals surface area contributed by atoms with Gasteiger partial charge in [0.25, 0.3) is 5.91 Å². The van der Waals surface area contributed by atoms with E-state index in [1.54, 1.807) is 18.3 Å². The number of nitrogens with one attached hydrogen (secondary N) is 1. The number of methoxy groups -OCH3 is 1. The van der Waals surface area contributed by atoms with Gasteiger partial charge in [0.05, 0.1) is 12.0 Å². The van der Waals surface area contributed by atoms with Crippen molar-refractivity contribution in [2.24, 2.45) is 0 Å². The highest BCUT2D eigenvalue weighted by atomic mass is 32.1. The number of benzene rings is 2. The van der Waals surface area contributed by atoms with Crippen LogP contribution in [-0.2, 0) is 0 Å². The van der Waals surface area contributed by atoms with Crippen LogP contribution in [0.1, 0.15) is 10.4 Å². The van der Waals surface area contributed by atoms with Gasteiger partial charge in [-0.1, -0.05) is 0 Å². The van der Waals surface area contributed by atoms with E-state index in [1.165, 1.54) is 36.6 Å². The molecule has 1 N–H and O–H groups in total. The Bertz CT molecular complexity index is 908. The molecule has 0 saturated carbocycles. The summed E-state index contributed by atoms with van der Waals surface area (Å²) >= 11 is 1.53. The van der Waals surface area contributed by atoms with Crippen LogP contribution in [0, 0.1) is 10.1 Å². The third-order valence-electron chi connectivity index (χ3n) is 3.46. The number of hydrogen-bond acceptors (Lipinski definition) is 6. The predicted molar refractivity (Wildman–Crippen MR) is 95.2 cm³/mol. The first-order valence-corrected chi connectivity index (χ1v) is 8.10. The van der Waals surface area contributed by atoms with Gasteiger partial charge in [-0.3, -0.25) is 14.9 Å². The summed E-state index contributed by atoms with van der Waals surface area (Å²) in [7, 11) is 1.34. The molecule has 25 heavy (non-hydrogen) atoms. The van der Waals surface area contributed by atoms with Crippen LogP contribution >= 0.6 is 11.3 Å². The van der Waals surface area contributed by atoms with Crippen molar-refractivity contribution in [3.8, 4) is 16.3 Å². The number of nitro benzene ring substituents is 1. The Morgan fingerprint density at radius 2 is 2.00 bits per heavy atom. The smallest absolute Gasteiger partial charge is 0.311 e. The molecule has 0 spiro atoms. The van der Waals surface area contributed by atoms with Gasteiger partial charge >= 0.3 is 5.69 Å². The monoisotopic (exact) mass is 355 g/mol. The summed E-state index contributed by atoms with van der Waals surface area (Å²) in [5, 5.41) is 16.6. The highest BCUT2D eigenvalue weighted by Gasteiger charge is 2.18. The maximum Gasteiger partial charge on any atom is 0.311 e. The summed E-state index contributed by atoms with van der Waals surface area (Å²) in [6.07, 6.45) is 1.73. The maximum atomic E-state index is 12.3. The van der Waals surface area contributed by atoms with Crippen LogP contribution in [0.25, 0.3) is 10.6 Å². The van der Waals surface area contributed by atoms with Crippen LogP contribution in [0.5, 0.6) is 5.75 Å². The molecule has 0 aliphatic rings. The van der Waals surface area contributed by atoms with Gasteiger partial charge in [0.2, 0.25) is 0 Å². The fourth-order valence-corrected chi connectivity index (χ4v) is 2.88. The molecule has 0 fully saturated rings. The number of thiazole rings is 1. The lowest BCUT2D eigenvalue weighted by atomic mass is 10.1. The van der Waals surface area contributed by atoms with E-state index in [9.17, 15) is 14.9 Å². The van der Waals surface area contributed by atoms with Crippen LogP contribution < -0.4 is 10.1 Å². The van der Waals surface area contributed by atoms with Crippen molar-refractivity contribution < 1.29 is 14.5 Å². The highest BCUT2D eigenvalue weighted by molar-refractivity contribution is 7.13. The number of nitrogens with zero attached hydrogens (tertiary/aromatic N) is 2. The Morgan fingerprint density at radius 3 is 2.60 bits per heavy atom. The summed E-state index contributed by atoms with van der Waals surface area (Å²) in [4.78, 5) is 27.0. The van der Waals surface area contributed by atoms with Gasteiger partial charge in [-0.05, 0) is 36.4 Å². The van der Waals surface area contributed by atoms with E-state index in [0.717, 1.165) is 10.6 Å². The van der Waals surface area contributed by atoms with E-state index in [4.69, 9.17) is 4.74 Å². The number of rotatable bonds is 5. The number of anilines is 1. The molecule has 0 radical (unpaired) electrons. The Balaban J connectivity index is 1.78. The van der Waals surface area contributed by atoms with Gasteiger partial charge in [0.15, 0.2) is 5.75 Å². The average Bonchev–Trinajstić information content (AvgIpc) is 3.16. The zero-order chi connectivity index (χ0) is 17.8. The lowest BCUT2D eigenvalue weighted by Gasteiger charge is -2.07. The number of ether oxygens (including phenoxy) is 1. The molecule has 1 amide bonds. The third-order valence-corrected chi connectivity index (χ3v) is 4.28. The molecule has 0 aliphatic heterocycles. The first-order valence-electron chi connectivity index (χ1n) is 7.22. The van der Waals surface area contributed by atoms with E-state index < -0.39 is 10.8 Å². The molecule has 0 unspecified atom stereocenters. The number of amides is 1. The van der Waals surface area contributed by atoms with E-state index in [-0.39, 0.29) is 17.0 Å². The summed E-state index contributed by atoms with van der Waals surface area (Å²) in [6.45, 7) is 0. The van der Waals surface area contributed by atoms with Crippen molar-refractivity contribution in [1.29, 1.82) is 0 Å². The Hall–Kier alpha value is -3.26. The van der Waals surface area contributed by atoms with Gasteiger partial charge < -0.3 is 10.1 Å². The van der Waals surface area contributed by atoms with Crippen molar-refractivity contribution in [3.05, 3.63) is 69.7 Å². The van der Waals surface area contributed by atoms with Crippen LogP contribution in [-0.4, -0.2) is 22.9 Å². The SMILES string of the molecule is COc1ccc(C(=O)Nc2ccc(-c3nccs3)cc2)cc1[N+](=O)[O-]. The largest absolute Gasteiger partial charge is 0.490 e. The second-order valence-electron chi connectivity index (χ2n) is 5.01. The number of carbonyl (C=O) groups is 1. The molecular weight excluding hydrogens is 342 g/mol. The summed E-state index contributed by atoms with van der Waals surface area (Å²) in [5.74, 6) is -0.331. The molecule has 8 heteroatoms. The number of hydrogen-bond donors (Lipinski definition) is 1. The molecule has 3 aromatic rings. The van der Waals surface area contributed by atoms with Gasteiger partial charge in [0, 0.05) is 34.5 Å². The molecule has 0 bridgehead atoms. The lowest BCUT2D eigenvalue weighted by Crippen LogP contribution is -2.12. The topological polar surface area (TPSA) is 94.4 Å². The maximum absolute atomic E-state index is 12.3. The normalized spacial score (nSPS) is 10.3. The van der Waals surface area contributed by atoms with Gasteiger partial charge in [0.1, 0.15) is 5.01 Å². The number of carbonyl (C=O) groups excluding carboxylic acids is 1. The van der Waals surface area contributed by atoms with Crippen molar-refractivity contribution in [2.75, 3.05) is 12.4 Å². The van der Waals surface area contributed by atoms with Gasteiger partial charge in [-0.25, -0.2) is 4.98 Å². The van der Waals surface area contributed by atoms with Crippen molar-refractivity contribution >= 4 is 28.6 Å². The molecule has 7 nitrogen and oxygen atoms in total. The van der Waals surface area contributed by atoms with Crippen LogP contribution in [0.4, 0.5) is 11.4 Å². The summed E-state index contributed by atoms with van der Waals surface area (Å²) < 4.78 is 4.93. The molecule has 0 aliphatic carbocycles. The zero-order valence-corrected chi connectivity index (χ0v) is 13.9. The van der Waals surface area contributed by atoms with Crippen LogP contribution in [0.15, 0.2) is 54.0 Å². The number of nitro groups is 1. The van der Waals surface area contributed by atoms with Crippen LogP contribution in [0.3, 0.4) is 0 Å². The van der Waals surface area contributed by atoms with E-state index in [1.807, 2.05) is 17.5 Å². The molecular formula is C17H13N3O4S. The lowest BCUT2D eigenvalue weighted by molar-refractivity contribution is -0.385. The minimum absolute atomic E-state index is 0.106. The molecule has 1 aromatic heterocycles. The first-order chi connectivity index (χ1) is 12.1. The van der Waals surface area contributed by atoms with Crippen LogP contribution in [0.2, 0.25) is 0 Å². The molecule has 3 rings (SSSR count). The summed E-state index contributed by atoms with van der Waals surface area (Å²) in [5.41, 5.74) is 1.46. The van der Waals surface area contributed by atoms with Crippen molar-refractivity contribution in [3.63, 3.8) is 0 Å². The first kappa shape index (κ1) is 16.6. The molecule has 0 atom stereocenters. The van der Waals surface area contributed by atoms with Crippen molar-refractivity contribution in [2.45, 2.75) is 0 Å². The van der Waals surface area contributed by atoms with E-state index in [2.05, 4.69) is 10.3 Å². The Morgan fingerprint density at radius 1 is 1.24 bits per heavy atom. The van der Waals surface area contributed by atoms with E-state index in [0.29, 0.717) is 5.69 Å². The number of aromatic nitrogens is 1. The molecule has 2 aromatic carbocycles. The molecule has 126 valence electrons. The second-order valence-corrected chi connectivity index (χ2v) is 5.91. The zero-order valence-electron chi connectivity index (χ0n) is 13.1. The standard InChI is InChI=1S/C17H13N3O4S/c1-24-15-7-4-12(10-14(15)20(22)23)16(21)19-13-5-2-11(3-6-13)17-18-8-9-25-17/h2-10H,1H3,(H,19,21). The highest BCUT2D eigenvalue weighted by Crippen LogP contribution is 2.28. The average molecular weight is 355 g/mol. The van der Waals surface area contributed by atoms with E-state index >= 15 is 0 Å². The summed E-state index contributed by atoms with van der Waals surface area (Å²) in [6, 6.07) is 11.3. The Kier molecular flexibility index (Phi) is 4.71. The quantitative estimate of drug-likeness (QED) is 0.552. The fourth-order valence-electron chi connectivity index (χ4n) is 2.24. The van der Waals surface area contributed by atoms with Gasteiger partial charge in [-0.15, -0.1) is 11.3 Å². The molecule has 0 saturated heterocycles. The van der Waals surface area contributed by atoms with Gasteiger partial charge in [-0.2, -0.15) is 0 Å².